The maximum atomic E-state index is 13.1. The van der Waals surface area contributed by atoms with Crippen molar-refractivity contribution < 1.29 is 18.7 Å². The third kappa shape index (κ3) is 7.95. The Labute approximate surface area is 160 Å². The lowest BCUT2D eigenvalue weighted by Crippen LogP contribution is -2.44. The van der Waals surface area contributed by atoms with E-state index in [4.69, 9.17) is 4.74 Å². The molecule has 0 aromatic heterocycles. The first-order valence-electron chi connectivity index (χ1n) is 9.60. The number of hydrogen-bond donors (Lipinski definition) is 2. The van der Waals surface area contributed by atoms with Gasteiger partial charge in [-0.3, -0.25) is 4.79 Å². The van der Waals surface area contributed by atoms with Crippen molar-refractivity contribution in [3.63, 3.8) is 0 Å². The Morgan fingerprint density at radius 1 is 1.37 bits per heavy atom. The van der Waals surface area contributed by atoms with Crippen LogP contribution in [-0.2, 0) is 9.53 Å². The van der Waals surface area contributed by atoms with Crippen molar-refractivity contribution in [3.05, 3.63) is 30.1 Å². The van der Waals surface area contributed by atoms with Gasteiger partial charge in [-0.1, -0.05) is 19.9 Å². The standard InChI is InChI=1S/C20H30FN3O3/c1-15(2)14-27-10-8-19(25)24-9-4-5-16(13-24)12-22-20(26)23-18-7-3-6-17(21)11-18/h3,6-7,11,15-16H,4-5,8-10,12-14H2,1-2H3,(H2,22,23,26). The second-order valence-electron chi connectivity index (χ2n) is 7.41. The molecule has 1 heterocycles. The molecule has 3 amide bonds. The first-order valence-corrected chi connectivity index (χ1v) is 9.60. The van der Waals surface area contributed by atoms with Gasteiger partial charge in [-0.15, -0.1) is 0 Å². The van der Waals surface area contributed by atoms with Crippen molar-refractivity contribution in [2.24, 2.45) is 11.8 Å². The minimum Gasteiger partial charge on any atom is -0.381 e. The molecule has 7 heteroatoms. The number of carbonyl (C=O) groups is 2. The van der Waals surface area contributed by atoms with Crippen LogP contribution < -0.4 is 10.6 Å². The second kappa shape index (κ2) is 10.9. The topological polar surface area (TPSA) is 70.7 Å². The van der Waals surface area contributed by atoms with E-state index in [0.717, 1.165) is 19.4 Å². The van der Waals surface area contributed by atoms with E-state index in [1.165, 1.54) is 12.1 Å². The molecule has 1 fully saturated rings. The van der Waals surface area contributed by atoms with Crippen molar-refractivity contribution in [1.29, 1.82) is 0 Å². The number of nitrogens with zero attached hydrogens (tertiary/aromatic N) is 1. The average molecular weight is 379 g/mol. The van der Waals surface area contributed by atoms with Gasteiger partial charge in [0.2, 0.25) is 5.91 Å². The largest absolute Gasteiger partial charge is 0.381 e. The molecule has 1 aromatic carbocycles. The number of carbonyl (C=O) groups excluding carboxylic acids is 2. The number of urea groups is 1. The van der Waals surface area contributed by atoms with Crippen LogP contribution in [0, 0.1) is 17.7 Å². The molecule has 2 rings (SSSR count). The Bertz CT molecular complexity index is 624. The Kier molecular flexibility index (Phi) is 8.51. The lowest BCUT2D eigenvalue weighted by atomic mass is 9.98. The summed E-state index contributed by atoms with van der Waals surface area (Å²) in [5.74, 6) is 0.390. The molecule has 2 N–H and O–H groups in total. The highest BCUT2D eigenvalue weighted by Crippen LogP contribution is 2.17. The number of halogens is 1. The summed E-state index contributed by atoms with van der Waals surface area (Å²) < 4.78 is 18.6. The summed E-state index contributed by atoms with van der Waals surface area (Å²) in [7, 11) is 0. The summed E-state index contributed by atoms with van der Waals surface area (Å²) in [5.41, 5.74) is 0.411. The summed E-state index contributed by atoms with van der Waals surface area (Å²) in [6, 6.07) is 5.39. The third-order valence-electron chi connectivity index (χ3n) is 4.42. The molecule has 0 saturated carbocycles. The smallest absolute Gasteiger partial charge is 0.319 e. The SMILES string of the molecule is CC(C)COCCC(=O)N1CCCC(CNC(=O)Nc2cccc(F)c2)C1. The summed E-state index contributed by atoms with van der Waals surface area (Å²) in [4.78, 5) is 26.1. The molecule has 1 atom stereocenters. The van der Waals surface area contributed by atoms with Crippen LogP contribution in [0.3, 0.4) is 0 Å². The van der Waals surface area contributed by atoms with Gasteiger partial charge >= 0.3 is 6.03 Å². The number of hydrogen-bond acceptors (Lipinski definition) is 3. The molecule has 0 spiro atoms. The third-order valence-corrected chi connectivity index (χ3v) is 4.42. The molecule has 1 saturated heterocycles. The van der Waals surface area contributed by atoms with E-state index in [1.54, 1.807) is 12.1 Å². The summed E-state index contributed by atoms with van der Waals surface area (Å²) >= 11 is 0. The fourth-order valence-electron chi connectivity index (χ4n) is 3.07. The van der Waals surface area contributed by atoms with E-state index in [2.05, 4.69) is 24.5 Å². The van der Waals surface area contributed by atoms with E-state index in [0.29, 0.717) is 44.3 Å². The Balaban J connectivity index is 1.69. The van der Waals surface area contributed by atoms with Crippen molar-refractivity contribution in [1.82, 2.24) is 10.2 Å². The number of nitrogens with one attached hydrogen (secondary N) is 2. The highest BCUT2D eigenvalue weighted by Gasteiger charge is 2.23. The van der Waals surface area contributed by atoms with Crippen molar-refractivity contribution in [2.75, 3.05) is 38.2 Å². The first kappa shape index (κ1) is 21.2. The van der Waals surface area contributed by atoms with Gasteiger partial charge in [0.25, 0.3) is 0 Å². The minimum atomic E-state index is -0.397. The molecule has 0 bridgehead atoms. The lowest BCUT2D eigenvalue weighted by Gasteiger charge is -2.33. The molecule has 1 aromatic rings. The summed E-state index contributed by atoms with van der Waals surface area (Å²) in [6.07, 6.45) is 2.29. The van der Waals surface area contributed by atoms with Crippen LogP contribution in [0.1, 0.15) is 33.1 Å². The lowest BCUT2D eigenvalue weighted by molar-refractivity contribution is -0.134. The average Bonchev–Trinajstić information content (AvgIpc) is 2.63. The van der Waals surface area contributed by atoms with E-state index >= 15 is 0 Å². The maximum absolute atomic E-state index is 13.1. The van der Waals surface area contributed by atoms with Gasteiger partial charge in [-0.25, -0.2) is 9.18 Å². The normalized spacial score (nSPS) is 17.0. The molecule has 0 radical (unpaired) electrons. The molecular weight excluding hydrogens is 349 g/mol. The number of benzene rings is 1. The predicted molar refractivity (Wildman–Crippen MR) is 103 cm³/mol. The van der Waals surface area contributed by atoms with Gasteiger partial charge in [0.05, 0.1) is 13.0 Å². The van der Waals surface area contributed by atoms with Crippen LogP contribution in [0.15, 0.2) is 24.3 Å². The van der Waals surface area contributed by atoms with Gasteiger partial charge in [0, 0.05) is 31.9 Å². The molecule has 27 heavy (non-hydrogen) atoms. The molecule has 150 valence electrons. The summed E-state index contributed by atoms with van der Waals surface area (Å²) in [5, 5.41) is 5.42. The number of piperidine rings is 1. The predicted octanol–water partition coefficient (Wildman–Crippen LogP) is 3.25. The zero-order valence-electron chi connectivity index (χ0n) is 16.2. The van der Waals surface area contributed by atoms with E-state index in [1.807, 2.05) is 4.90 Å². The van der Waals surface area contributed by atoms with Crippen LogP contribution in [-0.4, -0.2) is 49.7 Å². The van der Waals surface area contributed by atoms with Crippen molar-refractivity contribution in [2.45, 2.75) is 33.1 Å². The molecule has 1 aliphatic heterocycles. The fourth-order valence-corrected chi connectivity index (χ4v) is 3.07. The van der Waals surface area contributed by atoms with Crippen LogP contribution in [0.2, 0.25) is 0 Å². The Morgan fingerprint density at radius 3 is 2.93 bits per heavy atom. The molecule has 6 nitrogen and oxygen atoms in total. The van der Waals surface area contributed by atoms with Crippen molar-refractivity contribution >= 4 is 17.6 Å². The number of likely N-dealkylation sites (tertiary alicyclic amines) is 1. The van der Waals surface area contributed by atoms with E-state index < -0.39 is 5.82 Å². The Morgan fingerprint density at radius 2 is 2.19 bits per heavy atom. The quantitative estimate of drug-likeness (QED) is 0.681. The highest BCUT2D eigenvalue weighted by molar-refractivity contribution is 5.89. The van der Waals surface area contributed by atoms with Gasteiger partial charge in [-0.05, 0) is 42.9 Å². The Hall–Kier alpha value is -2.15. The van der Waals surface area contributed by atoms with Crippen LogP contribution >= 0.6 is 0 Å². The number of amides is 3. The van der Waals surface area contributed by atoms with Gasteiger partial charge in [0.15, 0.2) is 0 Å². The van der Waals surface area contributed by atoms with E-state index in [-0.39, 0.29) is 17.9 Å². The number of rotatable bonds is 8. The molecular formula is C20H30FN3O3. The second-order valence-corrected chi connectivity index (χ2v) is 7.41. The molecule has 1 unspecified atom stereocenters. The van der Waals surface area contributed by atoms with Crippen LogP contribution in [0.25, 0.3) is 0 Å². The van der Waals surface area contributed by atoms with E-state index in [9.17, 15) is 14.0 Å². The van der Waals surface area contributed by atoms with Crippen LogP contribution in [0.4, 0.5) is 14.9 Å². The van der Waals surface area contributed by atoms with Crippen LogP contribution in [0.5, 0.6) is 0 Å². The fraction of sp³-hybridized carbons (Fsp3) is 0.600. The molecule has 0 aliphatic carbocycles. The monoisotopic (exact) mass is 379 g/mol. The minimum absolute atomic E-state index is 0.104. The summed E-state index contributed by atoms with van der Waals surface area (Å²) in [6.45, 7) is 7.16. The maximum Gasteiger partial charge on any atom is 0.319 e. The van der Waals surface area contributed by atoms with Crippen molar-refractivity contribution in [3.8, 4) is 0 Å². The first-order chi connectivity index (χ1) is 12.9. The molecule has 1 aliphatic rings. The highest BCUT2D eigenvalue weighted by atomic mass is 19.1. The number of ether oxygens (including phenoxy) is 1. The zero-order chi connectivity index (χ0) is 19.6. The number of anilines is 1. The van der Waals surface area contributed by atoms with Gasteiger partial charge in [0.1, 0.15) is 5.82 Å². The van der Waals surface area contributed by atoms with Gasteiger partial charge < -0.3 is 20.3 Å². The van der Waals surface area contributed by atoms with Gasteiger partial charge in [-0.2, -0.15) is 0 Å². The zero-order valence-corrected chi connectivity index (χ0v) is 16.2.